The van der Waals surface area contributed by atoms with E-state index in [4.69, 9.17) is 0 Å². The Morgan fingerprint density at radius 3 is 3.25 bits per heavy atom. The van der Waals surface area contributed by atoms with Crippen molar-refractivity contribution in [2.45, 2.75) is 6.42 Å². The highest BCUT2D eigenvalue weighted by Gasteiger charge is 2.17. The normalized spacial score (nSPS) is 19.6. The molecule has 0 aromatic carbocycles. The Hall–Kier alpha value is -1.69. The zero-order valence-electron chi connectivity index (χ0n) is 8.85. The maximum absolute atomic E-state index is 10.7. The second kappa shape index (κ2) is 4.89. The van der Waals surface area contributed by atoms with Crippen molar-refractivity contribution in [1.82, 2.24) is 10.3 Å². The minimum atomic E-state index is -0.414. The van der Waals surface area contributed by atoms with Crippen LogP contribution in [0.5, 0.6) is 0 Å². The number of hydrogen-bond donors (Lipinski definition) is 2. The van der Waals surface area contributed by atoms with E-state index >= 15 is 0 Å². The van der Waals surface area contributed by atoms with Gasteiger partial charge >= 0.3 is 5.69 Å². The summed E-state index contributed by atoms with van der Waals surface area (Å²) in [4.78, 5) is 14.1. The molecule has 1 aromatic rings. The molecule has 1 fully saturated rings. The van der Waals surface area contributed by atoms with Crippen molar-refractivity contribution in [3.63, 3.8) is 0 Å². The van der Waals surface area contributed by atoms with Gasteiger partial charge in [0.25, 0.3) is 0 Å². The summed E-state index contributed by atoms with van der Waals surface area (Å²) in [5.74, 6) is 0.549. The summed E-state index contributed by atoms with van der Waals surface area (Å²) in [5, 5.41) is 17.1. The van der Waals surface area contributed by atoms with Crippen LogP contribution in [0.4, 0.5) is 11.4 Å². The first kappa shape index (κ1) is 10.8. The topological polar surface area (TPSA) is 80.1 Å². The molecule has 0 bridgehead atoms. The number of anilines is 1. The van der Waals surface area contributed by atoms with E-state index in [-0.39, 0.29) is 5.69 Å². The number of pyridine rings is 1. The summed E-state index contributed by atoms with van der Waals surface area (Å²) >= 11 is 0. The summed E-state index contributed by atoms with van der Waals surface area (Å²) in [6.07, 6.45) is 3.95. The molecule has 0 spiro atoms. The van der Waals surface area contributed by atoms with Crippen molar-refractivity contribution in [1.29, 1.82) is 0 Å². The zero-order valence-corrected chi connectivity index (χ0v) is 8.85. The highest BCUT2D eigenvalue weighted by atomic mass is 16.6. The quantitative estimate of drug-likeness (QED) is 0.587. The van der Waals surface area contributed by atoms with Crippen LogP contribution in [-0.4, -0.2) is 29.5 Å². The molecule has 1 saturated heterocycles. The van der Waals surface area contributed by atoms with E-state index in [0.717, 1.165) is 26.1 Å². The van der Waals surface area contributed by atoms with Crippen molar-refractivity contribution in [2.24, 2.45) is 5.92 Å². The van der Waals surface area contributed by atoms with Crippen molar-refractivity contribution in [2.75, 3.05) is 25.0 Å². The third-order valence-electron chi connectivity index (χ3n) is 2.74. The number of nitro groups is 1. The van der Waals surface area contributed by atoms with Gasteiger partial charge in [-0.2, -0.15) is 0 Å². The summed E-state index contributed by atoms with van der Waals surface area (Å²) < 4.78 is 0. The average Bonchev–Trinajstić information content (AvgIpc) is 2.79. The Labute approximate surface area is 93.2 Å². The van der Waals surface area contributed by atoms with Crippen LogP contribution in [0.25, 0.3) is 0 Å². The lowest BCUT2D eigenvalue weighted by molar-refractivity contribution is -0.384. The Morgan fingerprint density at radius 1 is 1.69 bits per heavy atom. The van der Waals surface area contributed by atoms with Crippen LogP contribution in [0.1, 0.15) is 6.42 Å². The first-order valence-electron chi connectivity index (χ1n) is 5.30. The number of aromatic nitrogens is 1. The van der Waals surface area contributed by atoms with E-state index in [1.165, 1.54) is 6.20 Å². The van der Waals surface area contributed by atoms with Gasteiger partial charge in [0.1, 0.15) is 11.9 Å². The molecule has 1 aromatic heterocycles. The monoisotopic (exact) mass is 222 g/mol. The fraction of sp³-hybridized carbons (Fsp3) is 0.500. The minimum Gasteiger partial charge on any atom is -0.379 e. The van der Waals surface area contributed by atoms with Crippen molar-refractivity contribution >= 4 is 11.4 Å². The van der Waals surface area contributed by atoms with Gasteiger partial charge in [-0.05, 0) is 31.5 Å². The molecule has 86 valence electrons. The number of hydrogen-bond acceptors (Lipinski definition) is 5. The van der Waals surface area contributed by atoms with Gasteiger partial charge < -0.3 is 10.6 Å². The molecule has 1 aliphatic rings. The number of nitrogens with zero attached hydrogens (tertiary/aromatic N) is 2. The van der Waals surface area contributed by atoms with Crippen LogP contribution >= 0.6 is 0 Å². The van der Waals surface area contributed by atoms with E-state index in [0.29, 0.717) is 11.6 Å². The third kappa shape index (κ3) is 2.46. The molecule has 2 rings (SSSR count). The van der Waals surface area contributed by atoms with Gasteiger partial charge in [0.05, 0.1) is 4.92 Å². The van der Waals surface area contributed by atoms with Crippen LogP contribution in [-0.2, 0) is 0 Å². The Balaban J connectivity index is 2.00. The molecular formula is C10H14N4O2. The largest absolute Gasteiger partial charge is 0.379 e. The van der Waals surface area contributed by atoms with Crippen LogP contribution in [0.2, 0.25) is 0 Å². The lowest BCUT2D eigenvalue weighted by atomic mass is 10.1. The smallest absolute Gasteiger partial charge is 0.310 e. The summed E-state index contributed by atoms with van der Waals surface area (Å²) in [5.41, 5.74) is 0.584. The van der Waals surface area contributed by atoms with Gasteiger partial charge in [-0.1, -0.05) is 0 Å². The summed E-state index contributed by atoms with van der Waals surface area (Å²) in [6, 6.07) is 1.64. The average molecular weight is 222 g/mol. The second-order valence-corrected chi connectivity index (χ2v) is 3.89. The Morgan fingerprint density at radius 2 is 2.56 bits per heavy atom. The number of nitrogens with one attached hydrogen (secondary N) is 2. The molecule has 0 saturated carbocycles. The molecule has 0 aliphatic carbocycles. The molecule has 1 unspecified atom stereocenters. The molecule has 1 atom stereocenters. The third-order valence-corrected chi connectivity index (χ3v) is 2.74. The van der Waals surface area contributed by atoms with E-state index in [1.54, 1.807) is 12.3 Å². The van der Waals surface area contributed by atoms with Gasteiger partial charge in [-0.25, -0.2) is 0 Å². The molecule has 0 amide bonds. The molecule has 2 heterocycles. The maximum Gasteiger partial charge on any atom is 0.310 e. The molecule has 6 nitrogen and oxygen atoms in total. The van der Waals surface area contributed by atoms with Crippen LogP contribution in [0, 0.1) is 16.0 Å². The molecule has 2 N–H and O–H groups in total. The zero-order chi connectivity index (χ0) is 11.4. The van der Waals surface area contributed by atoms with E-state index in [9.17, 15) is 10.1 Å². The molecular weight excluding hydrogens is 208 g/mol. The van der Waals surface area contributed by atoms with Gasteiger partial charge in [-0.3, -0.25) is 15.1 Å². The van der Waals surface area contributed by atoms with Crippen LogP contribution in [0.3, 0.4) is 0 Å². The van der Waals surface area contributed by atoms with E-state index in [2.05, 4.69) is 15.6 Å². The first-order valence-corrected chi connectivity index (χ1v) is 5.30. The van der Waals surface area contributed by atoms with Crippen LogP contribution in [0.15, 0.2) is 18.5 Å². The summed E-state index contributed by atoms with van der Waals surface area (Å²) in [7, 11) is 0. The van der Waals surface area contributed by atoms with Gasteiger partial charge in [0.2, 0.25) is 0 Å². The van der Waals surface area contributed by atoms with Crippen molar-refractivity contribution in [3.8, 4) is 0 Å². The lowest BCUT2D eigenvalue weighted by Gasteiger charge is -2.10. The Bertz CT molecular complexity index is 377. The van der Waals surface area contributed by atoms with Crippen LogP contribution < -0.4 is 10.6 Å². The second-order valence-electron chi connectivity index (χ2n) is 3.89. The molecule has 1 aliphatic heterocycles. The maximum atomic E-state index is 10.7. The van der Waals surface area contributed by atoms with Gasteiger partial charge in [-0.15, -0.1) is 0 Å². The molecule has 6 heteroatoms. The molecule has 16 heavy (non-hydrogen) atoms. The van der Waals surface area contributed by atoms with Gasteiger partial charge in [0, 0.05) is 12.7 Å². The Kier molecular flexibility index (Phi) is 3.31. The van der Waals surface area contributed by atoms with E-state index < -0.39 is 4.92 Å². The van der Waals surface area contributed by atoms with Crippen molar-refractivity contribution < 1.29 is 4.92 Å². The lowest BCUT2D eigenvalue weighted by Crippen LogP contribution is -2.17. The predicted octanol–water partition coefficient (Wildman–Crippen LogP) is 1.01. The SMILES string of the molecule is O=[N+]([O-])c1cnccc1NCC1CCNC1. The standard InChI is InChI=1S/C10H14N4O2/c15-14(16)10-7-12-4-2-9(10)13-6-8-1-3-11-5-8/h2,4,7-8,11H,1,3,5-6H2,(H,12,13). The van der Waals surface area contributed by atoms with E-state index in [1.807, 2.05) is 0 Å². The first-order chi connectivity index (χ1) is 7.77. The molecule has 0 radical (unpaired) electrons. The van der Waals surface area contributed by atoms with Crippen molar-refractivity contribution in [3.05, 3.63) is 28.6 Å². The highest BCUT2D eigenvalue weighted by molar-refractivity contribution is 5.59. The minimum absolute atomic E-state index is 0.0356. The fourth-order valence-electron chi connectivity index (χ4n) is 1.82. The summed E-state index contributed by atoms with van der Waals surface area (Å²) in [6.45, 7) is 2.77. The fourth-order valence-corrected chi connectivity index (χ4v) is 1.82. The van der Waals surface area contributed by atoms with Gasteiger partial charge in [0.15, 0.2) is 0 Å². The predicted molar refractivity (Wildman–Crippen MR) is 60.4 cm³/mol. The number of rotatable bonds is 4. The highest BCUT2D eigenvalue weighted by Crippen LogP contribution is 2.22.